The van der Waals surface area contributed by atoms with Crippen molar-refractivity contribution in [3.8, 4) is 22.9 Å². The molecule has 0 saturated heterocycles. The first kappa shape index (κ1) is 23.5. The van der Waals surface area contributed by atoms with Crippen LogP contribution in [0.3, 0.4) is 0 Å². The van der Waals surface area contributed by atoms with E-state index in [2.05, 4.69) is 0 Å². The van der Waals surface area contributed by atoms with Crippen molar-refractivity contribution >= 4 is 22.6 Å². The van der Waals surface area contributed by atoms with E-state index in [4.69, 9.17) is 26.5 Å². The van der Waals surface area contributed by atoms with Crippen LogP contribution < -0.4 is 16.1 Å². The van der Waals surface area contributed by atoms with E-state index in [1.165, 1.54) is 12.1 Å². The summed E-state index contributed by atoms with van der Waals surface area (Å²) in [5, 5.41) is 9.95. The van der Waals surface area contributed by atoms with Crippen molar-refractivity contribution in [2.24, 2.45) is 5.73 Å². The molecule has 0 amide bonds. The first-order valence-electron chi connectivity index (χ1n) is 10.7. The molecule has 5 nitrogen and oxygen atoms in total. The van der Waals surface area contributed by atoms with Crippen LogP contribution in [0.2, 0.25) is 5.02 Å². The molecular formula is C27H16ClF3N2O3. The second-order valence-electron chi connectivity index (χ2n) is 8.37. The summed E-state index contributed by atoms with van der Waals surface area (Å²) in [5.41, 5.74) is 7.16. The molecule has 1 aliphatic rings. The number of halogens is 4. The monoisotopic (exact) mass is 508 g/mol. The van der Waals surface area contributed by atoms with Gasteiger partial charge in [0.05, 0.1) is 27.5 Å². The summed E-state index contributed by atoms with van der Waals surface area (Å²) in [6, 6.07) is 17.4. The summed E-state index contributed by atoms with van der Waals surface area (Å²) < 4.78 is 51.2. The molecule has 9 heteroatoms. The third-order valence-corrected chi connectivity index (χ3v) is 6.40. The van der Waals surface area contributed by atoms with Gasteiger partial charge < -0.3 is 14.9 Å². The Kier molecular flexibility index (Phi) is 5.53. The largest absolute Gasteiger partial charge is 0.439 e. The van der Waals surface area contributed by atoms with E-state index in [0.717, 1.165) is 11.6 Å². The van der Waals surface area contributed by atoms with E-state index < -0.39 is 28.3 Å². The Morgan fingerprint density at radius 1 is 1.03 bits per heavy atom. The Hall–Kier alpha value is -4.22. The standard InChI is InChI=1S/C27H16ClF3N2O3/c1-13-2-9-21-17(10-13)24-23(26(34)35-21)22(18(12-32)25(33)36-24)15-5-3-14(4-6-15)16-7-8-20(28)19(11-16)27(29,30)31/h2-11,22H,33H2,1H3. The molecule has 180 valence electrons. The molecule has 2 N–H and O–H groups in total. The zero-order valence-corrected chi connectivity index (χ0v) is 19.4. The number of nitrogens with two attached hydrogens (primary N) is 1. The molecule has 1 aromatic heterocycles. The number of ether oxygens (including phenoxy) is 1. The predicted molar refractivity (Wildman–Crippen MR) is 128 cm³/mol. The average Bonchev–Trinajstić information content (AvgIpc) is 2.83. The number of alkyl halides is 3. The van der Waals surface area contributed by atoms with Gasteiger partial charge >= 0.3 is 11.8 Å². The lowest BCUT2D eigenvalue weighted by atomic mass is 9.83. The predicted octanol–water partition coefficient (Wildman–Crippen LogP) is 6.66. The number of hydrogen-bond acceptors (Lipinski definition) is 5. The zero-order valence-electron chi connectivity index (χ0n) is 18.6. The number of nitrogens with zero attached hydrogens (tertiary/aromatic N) is 1. The SMILES string of the molecule is Cc1ccc2oc(=O)c3c(c2c1)OC(N)=C(C#N)C3c1ccc(-c2ccc(Cl)c(C(F)(F)F)c2)cc1. The van der Waals surface area contributed by atoms with Gasteiger partial charge in [-0.2, -0.15) is 18.4 Å². The number of rotatable bonds is 2. The smallest absolute Gasteiger partial charge is 0.417 e. The van der Waals surface area contributed by atoms with E-state index in [9.17, 15) is 23.2 Å². The molecule has 0 saturated carbocycles. The molecule has 36 heavy (non-hydrogen) atoms. The normalized spacial score (nSPS) is 15.4. The summed E-state index contributed by atoms with van der Waals surface area (Å²) in [4.78, 5) is 13.0. The molecule has 0 radical (unpaired) electrons. The van der Waals surface area contributed by atoms with Crippen molar-refractivity contribution in [2.45, 2.75) is 19.0 Å². The van der Waals surface area contributed by atoms with Gasteiger partial charge in [0.2, 0.25) is 5.88 Å². The lowest BCUT2D eigenvalue weighted by Crippen LogP contribution is -2.26. The zero-order chi connectivity index (χ0) is 25.8. The molecule has 0 aliphatic carbocycles. The van der Waals surface area contributed by atoms with Crippen molar-refractivity contribution < 1.29 is 22.3 Å². The summed E-state index contributed by atoms with van der Waals surface area (Å²) in [7, 11) is 0. The van der Waals surface area contributed by atoms with Gasteiger partial charge in [0, 0.05) is 0 Å². The van der Waals surface area contributed by atoms with Crippen molar-refractivity contribution in [1.29, 1.82) is 5.26 Å². The van der Waals surface area contributed by atoms with Gasteiger partial charge in [0.1, 0.15) is 17.2 Å². The number of nitriles is 1. The Balaban J connectivity index is 1.65. The van der Waals surface area contributed by atoms with Gasteiger partial charge in [0.15, 0.2) is 5.75 Å². The summed E-state index contributed by atoms with van der Waals surface area (Å²) >= 11 is 5.74. The fraction of sp³-hybridized carbons (Fsp3) is 0.111. The van der Waals surface area contributed by atoms with Crippen LogP contribution in [0.1, 0.15) is 28.2 Å². The first-order valence-corrected chi connectivity index (χ1v) is 11.1. The fourth-order valence-corrected chi connectivity index (χ4v) is 4.58. The van der Waals surface area contributed by atoms with Crippen LogP contribution in [0.4, 0.5) is 13.2 Å². The minimum Gasteiger partial charge on any atom is -0.439 e. The van der Waals surface area contributed by atoms with Crippen LogP contribution in [0, 0.1) is 18.3 Å². The molecule has 5 rings (SSSR count). The van der Waals surface area contributed by atoms with Gasteiger partial charge in [-0.3, -0.25) is 0 Å². The van der Waals surface area contributed by atoms with Crippen molar-refractivity contribution in [1.82, 2.24) is 0 Å². The highest BCUT2D eigenvalue weighted by Gasteiger charge is 2.36. The number of hydrogen-bond donors (Lipinski definition) is 1. The summed E-state index contributed by atoms with van der Waals surface area (Å²) in [6.45, 7) is 1.87. The Bertz CT molecular complexity index is 1670. The first-order chi connectivity index (χ1) is 17.1. The van der Waals surface area contributed by atoms with Gasteiger partial charge in [-0.25, -0.2) is 4.79 Å². The lowest BCUT2D eigenvalue weighted by molar-refractivity contribution is -0.137. The minimum absolute atomic E-state index is 0.0282. The highest BCUT2D eigenvalue weighted by atomic mass is 35.5. The Morgan fingerprint density at radius 2 is 1.72 bits per heavy atom. The van der Waals surface area contributed by atoms with Crippen LogP contribution in [-0.2, 0) is 6.18 Å². The molecule has 0 fully saturated rings. The van der Waals surface area contributed by atoms with E-state index >= 15 is 0 Å². The average molecular weight is 509 g/mol. The van der Waals surface area contributed by atoms with Crippen LogP contribution in [0.5, 0.6) is 5.75 Å². The van der Waals surface area contributed by atoms with Crippen molar-refractivity contribution in [3.05, 3.63) is 110 Å². The third kappa shape index (κ3) is 3.88. The van der Waals surface area contributed by atoms with Gasteiger partial charge in [-0.15, -0.1) is 0 Å². The number of fused-ring (bicyclic) bond motifs is 3. The lowest BCUT2D eigenvalue weighted by Gasteiger charge is -2.26. The molecule has 0 bridgehead atoms. The van der Waals surface area contributed by atoms with Crippen LogP contribution in [-0.4, -0.2) is 0 Å². The molecule has 1 unspecified atom stereocenters. The molecular weight excluding hydrogens is 493 g/mol. The highest BCUT2D eigenvalue weighted by molar-refractivity contribution is 6.31. The molecule has 1 aliphatic heterocycles. The van der Waals surface area contributed by atoms with E-state index in [-0.39, 0.29) is 22.8 Å². The van der Waals surface area contributed by atoms with Crippen molar-refractivity contribution in [2.75, 3.05) is 0 Å². The molecule has 2 heterocycles. The maximum absolute atomic E-state index is 13.3. The third-order valence-electron chi connectivity index (χ3n) is 6.07. The minimum atomic E-state index is -4.60. The van der Waals surface area contributed by atoms with Crippen molar-refractivity contribution in [3.63, 3.8) is 0 Å². The Labute approximate surface area is 207 Å². The number of allylic oxidation sites excluding steroid dienone is 1. The number of benzene rings is 3. The topological polar surface area (TPSA) is 89.2 Å². The molecule has 1 atom stereocenters. The maximum Gasteiger partial charge on any atom is 0.417 e. The number of aryl methyl sites for hydroxylation is 1. The van der Waals surface area contributed by atoms with Gasteiger partial charge in [-0.05, 0) is 47.9 Å². The van der Waals surface area contributed by atoms with E-state index in [1.54, 1.807) is 42.5 Å². The maximum atomic E-state index is 13.3. The van der Waals surface area contributed by atoms with Crippen LogP contribution in [0.25, 0.3) is 22.1 Å². The second-order valence-corrected chi connectivity index (χ2v) is 8.78. The summed E-state index contributed by atoms with van der Waals surface area (Å²) in [6.07, 6.45) is -4.60. The van der Waals surface area contributed by atoms with Crippen LogP contribution >= 0.6 is 11.6 Å². The highest BCUT2D eigenvalue weighted by Crippen LogP contribution is 2.44. The quantitative estimate of drug-likeness (QED) is 0.306. The van der Waals surface area contributed by atoms with E-state index in [0.29, 0.717) is 27.7 Å². The van der Waals surface area contributed by atoms with Gasteiger partial charge in [-0.1, -0.05) is 53.6 Å². The Morgan fingerprint density at radius 3 is 2.39 bits per heavy atom. The molecule has 3 aromatic carbocycles. The molecule has 4 aromatic rings. The van der Waals surface area contributed by atoms with Crippen LogP contribution in [0.15, 0.2) is 81.3 Å². The van der Waals surface area contributed by atoms with Gasteiger partial charge in [0.25, 0.3) is 0 Å². The van der Waals surface area contributed by atoms with E-state index in [1.807, 2.05) is 13.0 Å². The summed E-state index contributed by atoms with van der Waals surface area (Å²) in [5.74, 6) is -0.812. The molecule has 0 spiro atoms. The fourth-order valence-electron chi connectivity index (χ4n) is 4.36. The second kappa shape index (κ2) is 8.47.